The predicted octanol–water partition coefficient (Wildman–Crippen LogP) is 4.25. The number of fused-ring (bicyclic) bond motifs is 1. The molecule has 4 rings (SSSR count). The van der Waals surface area contributed by atoms with Gasteiger partial charge in [0.05, 0.1) is 13.2 Å². The first-order valence-electron chi connectivity index (χ1n) is 14.4. The van der Waals surface area contributed by atoms with Gasteiger partial charge in [-0.05, 0) is 36.1 Å². The van der Waals surface area contributed by atoms with Crippen molar-refractivity contribution in [3.63, 3.8) is 0 Å². The highest BCUT2D eigenvalue weighted by molar-refractivity contribution is 6.30. The van der Waals surface area contributed by atoms with Crippen LogP contribution in [-0.2, 0) is 37.1 Å². The summed E-state index contributed by atoms with van der Waals surface area (Å²) in [5.41, 5.74) is -0.0383. The van der Waals surface area contributed by atoms with Gasteiger partial charge in [-0.2, -0.15) is 0 Å². The Kier molecular flexibility index (Phi) is 11.3. The highest BCUT2D eigenvalue weighted by atomic mass is 35.5. The van der Waals surface area contributed by atoms with Gasteiger partial charge in [0.2, 0.25) is 11.8 Å². The number of ether oxygens (including phenoxy) is 2. The summed E-state index contributed by atoms with van der Waals surface area (Å²) in [7, 11) is 0. The number of amides is 3. The number of carbonyl (C=O) groups excluding carboxylic acids is 4. The zero-order valence-corrected chi connectivity index (χ0v) is 24.3. The standard InChI is InChI=1S/C31H38ClN3O7/c32-25-11-6-9-23(17-25)19-42-30(39)33-26(18-22-7-2-1-3-8-22)29(38)34-31(40,21-36)14-13-28(37)35-15-16-41-20-24-10-4-5-12-27(24)35/h4-6,9-12,17,21-22,26,40H,1-3,7-8,13-16,18-20H2,(H,33,39)(H,34,38)/t26-,31?/m0/s1. The molecule has 11 heteroatoms. The number of nitrogens with one attached hydrogen (secondary N) is 2. The van der Waals surface area contributed by atoms with Gasteiger partial charge in [0.25, 0.3) is 0 Å². The van der Waals surface area contributed by atoms with E-state index in [2.05, 4.69) is 10.6 Å². The molecule has 1 saturated carbocycles. The molecular formula is C31H38ClN3O7. The van der Waals surface area contributed by atoms with Crippen LogP contribution in [0.15, 0.2) is 48.5 Å². The van der Waals surface area contributed by atoms with Crippen LogP contribution in [0.2, 0.25) is 5.02 Å². The van der Waals surface area contributed by atoms with Crippen LogP contribution in [0.5, 0.6) is 0 Å². The number of hydrogen-bond donors (Lipinski definition) is 3. The van der Waals surface area contributed by atoms with Crippen LogP contribution in [0.25, 0.3) is 0 Å². The zero-order valence-electron chi connectivity index (χ0n) is 23.6. The first-order chi connectivity index (χ1) is 20.3. The summed E-state index contributed by atoms with van der Waals surface area (Å²) in [6.45, 7) is 1.00. The number of aliphatic hydroxyl groups is 1. The Morgan fingerprint density at radius 2 is 1.93 bits per heavy atom. The van der Waals surface area contributed by atoms with E-state index in [0.717, 1.165) is 37.7 Å². The second-order valence-corrected chi connectivity index (χ2v) is 11.3. The van der Waals surface area contributed by atoms with E-state index >= 15 is 0 Å². The van der Waals surface area contributed by atoms with E-state index in [1.165, 1.54) is 0 Å². The molecule has 0 bridgehead atoms. The molecule has 2 atom stereocenters. The summed E-state index contributed by atoms with van der Waals surface area (Å²) in [5, 5.41) is 16.5. The van der Waals surface area contributed by atoms with Crippen LogP contribution in [0.3, 0.4) is 0 Å². The number of hydrogen-bond acceptors (Lipinski definition) is 7. The molecule has 1 fully saturated rings. The Hall–Kier alpha value is -3.47. The second-order valence-electron chi connectivity index (χ2n) is 10.9. The summed E-state index contributed by atoms with van der Waals surface area (Å²) >= 11 is 6.00. The lowest BCUT2D eigenvalue weighted by Gasteiger charge is -2.30. The molecule has 10 nitrogen and oxygen atoms in total. The summed E-state index contributed by atoms with van der Waals surface area (Å²) < 4.78 is 10.9. The third kappa shape index (κ3) is 9.01. The lowest BCUT2D eigenvalue weighted by Crippen LogP contribution is -2.57. The number of halogens is 1. The van der Waals surface area contributed by atoms with E-state index < -0.39 is 23.8 Å². The molecule has 3 amide bonds. The van der Waals surface area contributed by atoms with Crippen molar-refractivity contribution in [2.24, 2.45) is 5.92 Å². The smallest absolute Gasteiger partial charge is 0.408 e. The number of alkyl carbamates (subject to hydrolysis) is 1. The van der Waals surface area contributed by atoms with Gasteiger partial charge in [0, 0.05) is 35.7 Å². The minimum absolute atomic E-state index is 0.0464. The van der Waals surface area contributed by atoms with Crippen molar-refractivity contribution in [1.29, 1.82) is 0 Å². The average molecular weight is 600 g/mol. The molecular weight excluding hydrogens is 562 g/mol. The number of rotatable bonds is 11. The Labute approximate surface area is 250 Å². The molecule has 1 heterocycles. The topological polar surface area (TPSA) is 134 Å². The molecule has 2 aliphatic rings. The van der Waals surface area contributed by atoms with Gasteiger partial charge in [-0.15, -0.1) is 0 Å². The van der Waals surface area contributed by atoms with E-state index in [-0.39, 0.29) is 37.6 Å². The number of anilines is 1. The summed E-state index contributed by atoms with van der Waals surface area (Å²) in [6.07, 6.45) is 4.21. The molecule has 3 N–H and O–H groups in total. The van der Waals surface area contributed by atoms with E-state index in [0.29, 0.717) is 42.5 Å². The highest BCUT2D eigenvalue weighted by Gasteiger charge is 2.35. The van der Waals surface area contributed by atoms with Crippen molar-refractivity contribution >= 4 is 41.5 Å². The molecule has 0 radical (unpaired) electrons. The first kappa shape index (κ1) is 31.5. The number of benzene rings is 2. The van der Waals surface area contributed by atoms with E-state index in [9.17, 15) is 24.3 Å². The maximum absolute atomic E-state index is 13.4. The summed E-state index contributed by atoms with van der Waals surface area (Å²) in [5.74, 6) is -0.848. The van der Waals surface area contributed by atoms with Crippen molar-refractivity contribution in [3.8, 4) is 0 Å². The van der Waals surface area contributed by atoms with Gasteiger partial charge in [-0.25, -0.2) is 4.79 Å². The van der Waals surface area contributed by atoms with Gasteiger partial charge >= 0.3 is 6.09 Å². The summed E-state index contributed by atoms with van der Waals surface area (Å²) in [6, 6.07) is 13.2. The lowest BCUT2D eigenvalue weighted by molar-refractivity contribution is -0.141. The van der Waals surface area contributed by atoms with Gasteiger partial charge in [0.1, 0.15) is 12.6 Å². The van der Waals surface area contributed by atoms with Crippen LogP contribution in [0.4, 0.5) is 10.5 Å². The third-order valence-corrected chi connectivity index (χ3v) is 7.95. The quantitative estimate of drug-likeness (QED) is 0.260. The minimum atomic E-state index is -2.30. The molecule has 226 valence electrons. The lowest BCUT2D eigenvalue weighted by atomic mass is 9.84. The van der Waals surface area contributed by atoms with Gasteiger partial charge < -0.3 is 30.1 Å². The number of nitrogens with zero attached hydrogens (tertiary/aromatic N) is 1. The molecule has 42 heavy (non-hydrogen) atoms. The van der Waals surface area contributed by atoms with Gasteiger partial charge in [-0.3, -0.25) is 14.4 Å². The first-order valence-corrected chi connectivity index (χ1v) is 14.8. The monoisotopic (exact) mass is 599 g/mol. The maximum Gasteiger partial charge on any atom is 0.408 e. The molecule has 0 saturated heterocycles. The fourth-order valence-corrected chi connectivity index (χ4v) is 5.66. The Balaban J connectivity index is 1.38. The molecule has 2 aromatic carbocycles. The Morgan fingerprint density at radius 3 is 2.69 bits per heavy atom. The average Bonchev–Trinajstić information content (AvgIpc) is 3.22. The van der Waals surface area contributed by atoms with Crippen LogP contribution >= 0.6 is 11.6 Å². The molecule has 1 aliphatic carbocycles. The van der Waals surface area contributed by atoms with Crippen molar-refractivity contribution in [3.05, 3.63) is 64.7 Å². The number of para-hydroxylation sites is 1. The van der Waals surface area contributed by atoms with Crippen LogP contribution in [0.1, 0.15) is 62.5 Å². The third-order valence-electron chi connectivity index (χ3n) is 7.72. The molecule has 0 spiro atoms. The van der Waals surface area contributed by atoms with Crippen LogP contribution in [-0.4, -0.2) is 54.2 Å². The molecule has 0 aromatic heterocycles. The fraction of sp³-hybridized carbons (Fsp3) is 0.484. The predicted molar refractivity (Wildman–Crippen MR) is 157 cm³/mol. The van der Waals surface area contributed by atoms with Gasteiger partial charge in [-0.1, -0.05) is 74.0 Å². The van der Waals surface area contributed by atoms with Gasteiger partial charge in [0.15, 0.2) is 12.0 Å². The number of carbonyl (C=O) groups is 4. The fourth-order valence-electron chi connectivity index (χ4n) is 5.44. The molecule has 1 unspecified atom stereocenters. The Bertz CT molecular complexity index is 1250. The normalized spacial score (nSPS) is 17.6. The van der Waals surface area contributed by atoms with Crippen molar-refractivity contribution < 1.29 is 33.8 Å². The molecule has 2 aromatic rings. The van der Waals surface area contributed by atoms with E-state index in [4.69, 9.17) is 21.1 Å². The van der Waals surface area contributed by atoms with E-state index in [1.807, 2.05) is 24.3 Å². The minimum Gasteiger partial charge on any atom is -0.445 e. The van der Waals surface area contributed by atoms with Crippen molar-refractivity contribution in [1.82, 2.24) is 10.6 Å². The summed E-state index contributed by atoms with van der Waals surface area (Å²) in [4.78, 5) is 52.8. The second kappa shape index (κ2) is 15.1. The van der Waals surface area contributed by atoms with Crippen LogP contribution in [0, 0.1) is 5.92 Å². The Morgan fingerprint density at radius 1 is 1.14 bits per heavy atom. The maximum atomic E-state index is 13.4. The van der Waals surface area contributed by atoms with Crippen molar-refractivity contribution in [2.75, 3.05) is 18.1 Å². The zero-order chi connectivity index (χ0) is 30.0. The largest absolute Gasteiger partial charge is 0.445 e. The highest BCUT2D eigenvalue weighted by Crippen LogP contribution is 2.28. The van der Waals surface area contributed by atoms with Crippen LogP contribution < -0.4 is 15.5 Å². The number of aldehydes is 1. The van der Waals surface area contributed by atoms with Crippen molar-refractivity contribution in [2.45, 2.75) is 76.3 Å². The molecule has 1 aliphatic heterocycles. The van der Waals surface area contributed by atoms with E-state index in [1.54, 1.807) is 29.2 Å². The SMILES string of the molecule is O=CC(O)(CCC(=O)N1CCOCc2ccccc21)NC(=O)[C@H](CC1CCCCC1)NC(=O)OCc1cccc(Cl)c1.